The van der Waals surface area contributed by atoms with Crippen LogP contribution >= 0.6 is 24.0 Å². The van der Waals surface area contributed by atoms with Gasteiger partial charge in [-0.15, -0.1) is 24.0 Å². The van der Waals surface area contributed by atoms with E-state index in [1.54, 1.807) is 7.11 Å². The Morgan fingerprint density at radius 3 is 2.31 bits per heavy atom. The molecule has 0 aliphatic heterocycles. The van der Waals surface area contributed by atoms with E-state index < -0.39 is 0 Å². The number of aliphatic imine (C=N–C) groups is 1. The second-order valence-electron chi connectivity index (χ2n) is 7.43. The van der Waals surface area contributed by atoms with E-state index in [-0.39, 0.29) is 24.0 Å². The number of hydrogen-bond donors (Lipinski definition) is 2. The fourth-order valence-electron chi connectivity index (χ4n) is 3.32. The minimum atomic E-state index is 0. The van der Waals surface area contributed by atoms with Crippen LogP contribution in [0, 0.1) is 5.41 Å². The van der Waals surface area contributed by atoms with E-state index >= 15 is 0 Å². The van der Waals surface area contributed by atoms with E-state index in [2.05, 4.69) is 58.9 Å². The minimum Gasteiger partial charge on any atom is -0.385 e. The van der Waals surface area contributed by atoms with E-state index in [0.29, 0.717) is 5.41 Å². The molecule has 2 N–H and O–H groups in total. The molecule has 5 nitrogen and oxygen atoms in total. The Morgan fingerprint density at radius 2 is 1.81 bits per heavy atom. The highest BCUT2D eigenvalue weighted by molar-refractivity contribution is 14.0. The van der Waals surface area contributed by atoms with Crippen LogP contribution < -0.4 is 10.6 Å². The molecule has 26 heavy (non-hydrogen) atoms. The van der Waals surface area contributed by atoms with Gasteiger partial charge in [-0.2, -0.15) is 0 Å². The molecule has 0 saturated heterocycles. The van der Waals surface area contributed by atoms with Gasteiger partial charge >= 0.3 is 0 Å². The molecule has 1 fully saturated rings. The van der Waals surface area contributed by atoms with Crippen LogP contribution in [0.4, 0.5) is 0 Å². The van der Waals surface area contributed by atoms with Crippen LogP contribution in [0.3, 0.4) is 0 Å². The van der Waals surface area contributed by atoms with Crippen molar-refractivity contribution in [1.82, 2.24) is 15.5 Å². The fourth-order valence-corrected chi connectivity index (χ4v) is 3.32. The van der Waals surface area contributed by atoms with Crippen molar-refractivity contribution in [2.45, 2.75) is 38.8 Å². The average molecular weight is 474 g/mol. The highest BCUT2D eigenvalue weighted by Gasteiger charge is 2.36. The molecule has 0 aromatic heterocycles. The third-order valence-electron chi connectivity index (χ3n) is 5.09. The van der Waals surface area contributed by atoms with Gasteiger partial charge in [0.2, 0.25) is 0 Å². The molecular weight excluding hydrogens is 439 g/mol. The predicted molar refractivity (Wildman–Crippen MR) is 120 cm³/mol. The first-order valence-corrected chi connectivity index (χ1v) is 9.23. The maximum atomic E-state index is 5.27. The summed E-state index contributed by atoms with van der Waals surface area (Å²) in [7, 11) is 7.79. The zero-order valence-corrected chi connectivity index (χ0v) is 19.0. The second-order valence-corrected chi connectivity index (χ2v) is 7.43. The lowest BCUT2D eigenvalue weighted by Gasteiger charge is -2.42. The van der Waals surface area contributed by atoms with Crippen molar-refractivity contribution in [3.05, 3.63) is 35.4 Å². The van der Waals surface area contributed by atoms with Gasteiger partial charge in [-0.25, -0.2) is 0 Å². The number of rotatable bonds is 9. The number of nitrogens with zero attached hydrogens (tertiary/aromatic N) is 2. The molecular formula is C20H35IN4O. The van der Waals surface area contributed by atoms with Crippen molar-refractivity contribution in [2.24, 2.45) is 10.4 Å². The van der Waals surface area contributed by atoms with E-state index in [9.17, 15) is 0 Å². The maximum absolute atomic E-state index is 5.27. The largest absolute Gasteiger partial charge is 0.385 e. The van der Waals surface area contributed by atoms with E-state index in [0.717, 1.165) is 38.6 Å². The Morgan fingerprint density at radius 1 is 1.15 bits per heavy atom. The molecule has 1 saturated carbocycles. The Balaban J connectivity index is 0.00000338. The number of ether oxygens (including phenoxy) is 1. The minimum absolute atomic E-state index is 0. The highest BCUT2D eigenvalue weighted by atomic mass is 127. The topological polar surface area (TPSA) is 48.9 Å². The Hall–Kier alpha value is -0.860. The average Bonchev–Trinajstić information content (AvgIpc) is 2.57. The summed E-state index contributed by atoms with van der Waals surface area (Å²) in [5, 5.41) is 6.93. The van der Waals surface area contributed by atoms with Gasteiger partial charge in [0.1, 0.15) is 0 Å². The molecule has 2 rings (SSSR count). The van der Waals surface area contributed by atoms with Gasteiger partial charge in [0.25, 0.3) is 0 Å². The molecule has 0 bridgehead atoms. The van der Waals surface area contributed by atoms with Crippen LogP contribution in [0.15, 0.2) is 29.3 Å². The van der Waals surface area contributed by atoms with Crippen LogP contribution in [0.5, 0.6) is 0 Å². The SMILES string of the molecule is CN=C(NCc1ccc(CN(C)C)cc1)NCC1(CCOC)CCC1.I. The molecule has 1 aromatic carbocycles. The number of hydrogen-bond acceptors (Lipinski definition) is 3. The molecule has 0 radical (unpaired) electrons. The van der Waals surface area contributed by atoms with Crippen LogP contribution in [-0.4, -0.2) is 52.3 Å². The summed E-state index contributed by atoms with van der Waals surface area (Å²) in [5.74, 6) is 0.876. The van der Waals surface area contributed by atoms with Gasteiger partial charge in [-0.3, -0.25) is 4.99 Å². The van der Waals surface area contributed by atoms with Crippen molar-refractivity contribution in [1.29, 1.82) is 0 Å². The van der Waals surface area contributed by atoms with Gasteiger partial charge in [0.05, 0.1) is 0 Å². The van der Waals surface area contributed by atoms with Crippen molar-refractivity contribution < 1.29 is 4.74 Å². The zero-order valence-electron chi connectivity index (χ0n) is 16.7. The first-order valence-electron chi connectivity index (χ1n) is 9.23. The van der Waals surface area contributed by atoms with Crippen LogP contribution in [0.1, 0.15) is 36.8 Å². The third-order valence-corrected chi connectivity index (χ3v) is 5.09. The number of benzene rings is 1. The molecule has 1 aliphatic carbocycles. The molecule has 6 heteroatoms. The fraction of sp³-hybridized carbons (Fsp3) is 0.650. The van der Waals surface area contributed by atoms with Crippen LogP contribution in [0.2, 0.25) is 0 Å². The quantitative estimate of drug-likeness (QED) is 0.328. The number of guanidine groups is 1. The van der Waals surface area contributed by atoms with E-state index in [4.69, 9.17) is 4.74 Å². The van der Waals surface area contributed by atoms with Gasteiger partial charge < -0.3 is 20.3 Å². The summed E-state index contributed by atoms with van der Waals surface area (Å²) in [4.78, 5) is 6.54. The molecule has 0 atom stereocenters. The summed E-state index contributed by atoms with van der Waals surface area (Å²) in [6.07, 6.45) is 5.03. The second kappa shape index (κ2) is 11.8. The van der Waals surface area contributed by atoms with Gasteiger partial charge in [-0.05, 0) is 49.9 Å². The number of nitrogens with one attached hydrogen (secondary N) is 2. The molecule has 0 spiro atoms. The van der Waals surface area contributed by atoms with Crippen molar-refractivity contribution in [3.8, 4) is 0 Å². The number of methoxy groups -OCH3 is 1. The summed E-state index contributed by atoms with van der Waals surface area (Å²) in [6.45, 7) is 3.57. The Kier molecular flexibility index (Phi) is 10.5. The Bertz CT molecular complexity index is 541. The molecule has 1 aliphatic rings. The number of halogens is 1. The molecule has 0 heterocycles. The smallest absolute Gasteiger partial charge is 0.191 e. The van der Waals surface area contributed by atoms with Crippen molar-refractivity contribution >= 4 is 29.9 Å². The van der Waals surface area contributed by atoms with Crippen LogP contribution in [-0.2, 0) is 17.8 Å². The molecule has 1 aromatic rings. The van der Waals surface area contributed by atoms with Gasteiger partial charge in [0.15, 0.2) is 5.96 Å². The summed E-state index contributed by atoms with van der Waals surface area (Å²) in [6, 6.07) is 8.76. The lowest BCUT2D eigenvalue weighted by molar-refractivity contribution is 0.0732. The summed E-state index contributed by atoms with van der Waals surface area (Å²) < 4.78 is 5.27. The molecule has 0 unspecified atom stereocenters. The normalized spacial score (nSPS) is 16.0. The van der Waals surface area contributed by atoms with Crippen LogP contribution in [0.25, 0.3) is 0 Å². The molecule has 148 valence electrons. The monoisotopic (exact) mass is 474 g/mol. The van der Waals surface area contributed by atoms with E-state index in [1.807, 2.05) is 7.05 Å². The third kappa shape index (κ3) is 7.40. The Labute approximate surface area is 176 Å². The summed E-state index contributed by atoms with van der Waals surface area (Å²) in [5.41, 5.74) is 2.99. The van der Waals surface area contributed by atoms with Gasteiger partial charge in [0, 0.05) is 40.4 Å². The standard InChI is InChI=1S/C20H34N4O.HI/c1-21-19(23-16-20(10-5-11-20)12-13-25-4)22-14-17-6-8-18(9-7-17)15-24(2)3;/h6-9H,5,10-16H2,1-4H3,(H2,21,22,23);1H. The first kappa shape index (κ1) is 23.2. The van der Waals surface area contributed by atoms with Crippen molar-refractivity contribution in [3.63, 3.8) is 0 Å². The molecule has 0 amide bonds. The van der Waals surface area contributed by atoms with Crippen molar-refractivity contribution in [2.75, 3.05) is 41.4 Å². The highest BCUT2D eigenvalue weighted by Crippen LogP contribution is 2.43. The summed E-state index contributed by atoms with van der Waals surface area (Å²) >= 11 is 0. The predicted octanol–water partition coefficient (Wildman–Crippen LogP) is 3.24. The van der Waals surface area contributed by atoms with Gasteiger partial charge in [-0.1, -0.05) is 30.7 Å². The lowest BCUT2D eigenvalue weighted by Crippen LogP contribution is -2.46. The lowest BCUT2D eigenvalue weighted by atomic mass is 9.67. The van der Waals surface area contributed by atoms with E-state index in [1.165, 1.54) is 30.4 Å². The zero-order chi connectivity index (χ0) is 18.1. The maximum Gasteiger partial charge on any atom is 0.191 e. The first-order chi connectivity index (χ1) is 12.1.